The molecule has 0 saturated carbocycles. The molecule has 3 heterocycles. The predicted molar refractivity (Wildman–Crippen MR) is 114 cm³/mol. The van der Waals surface area contributed by atoms with Crippen LogP contribution in [0.4, 0.5) is 0 Å². The number of hydrogen-bond donors (Lipinski definition) is 1. The summed E-state index contributed by atoms with van der Waals surface area (Å²) >= 11 is 1.39. The number of aryl methyl sites for hydroxylation is 1. The summed E-state index contributed by atoms with van der Waals surface area (Å²) in [6, 6.07) is 15.9. The number of aromatic hydroxyl groups is 1. The van der Waals surface area contributed by atoms with Gasteiger partial charge in [-0.2, -0.15) is 9.78 Å². The zero-order chi connectivity index (χ0) is 20.8. The molecule has 2 aromatic carbocycles. The van der Waals surface area contributed by atoms with Crippen LogP contribution in [0.3, 0.4) is 0 Å². The third kappa shape index (κ3) is 3.87. The Morgan fingerprint density at radius 3 is 2.61 bits per heavy atom. The van der Waals surface area contributed by atoms with Crippen LogP contribution in [0, 0.1) is 6.92 Å². The Morgan fingerprint density at radius 1 is 1.13 bits per heavy atom. The van der Waals surface area contributed by atoms with Crippen LogP contribution >= 0.6 is 11.3 Å². The zero-order valence-corrected chi connectivity index (χ0v) is 19.9. The van der Waals surface area contributed by atoms with Gasteiger partial charge in [0.25, 0.3) is 5.56 Å². The Balaban J connectivity index is 0.00000231. The molecule has 1 aromatic heterocycles. The molecule has 7 nitrogen and oxygen atoms in total. The zero-order valence-electron chi connectivity index (χ0n) is 17.1. The molecule has 31 heavy (non-hydrogen) atoms. The van der Waals surface area contributed by atoms with Crippen molar-refractivity contribution in [1.29, 1.82) is 0 Å². The van der Waals surface area contributed by atoms with Gasteiger partial charge in [0.1, 0.15) is 5.75 Å². The van der Waals surface area contributed by atoms with Crippen molar-refractivity contribution in [1.82, 2.24) is 19.3 Å². The van der Waals surface area contributed by atoms with Gasteiger partial charge in [-0.15, -0.1) is 0 Å². The van der Waals surface area contributed by atoms with Crippen molar-refractivity contribution in [3.63, 3.8) is 0 Å². The molecule has 0 aliphatic carbocycles. The maximum Gasteiger partial charge on any atom is 1.00 e. The van der Waals surface area contributed by atoms with Gasteiger partial charge in [0.15, 0.2) is 0 Å². The van der Waals surface area contributed by atoms with Crippen molar-refractivity contribution in [2.24, 2.45) is 0 Å². The molecule has 9 heteroatoms. The number of phenolic OH excluding ortho intramolecular Hbond substituents is 1. The maximum atomic E-state index is 13.1. The fourth-order valence-electron chi connectivity index (χ4n) is 3.62. The second-order valence-corrected chi connectivity index (χ2v) is 8.09. The van der Waals surface area contributed by atoms with Crippen molar-refractivity contribution in [2.45, 2.75) is 19.9 Å². The van der Waals surface area contributed by atoms with E-state index in [4.69, 9.17) is 0 Å². The van der Waals surface area contributed by atoms with E-state index in [0.29, 0.717) is 35.0 Å². The fraction of sp³-hybridized carbons (Fsp3) is 0.136. The first-order valence-electron chi connectivity index (χ1n) is 9.45. The van der Waals surface area contributed by atoms with Crippen molar-refractivity contribution < 1.29 is 39.8 Å². The van der Waals surface area contributed by atoms with E-state index in [0.717, 1.165) is 15.8 Å². The van der Waals surface area contributed by atoms with E-state index in [2.05, 4.69) is 10.1 Å². The van der Waals surface area contributed by atoms with Gasteiger partial charge < -0.3 is 14.8 Å². The number of rotatable bonds is 4. The molecule has 0 atom stereocenters. The molecule has 0 fully saturated rings. The van der Waals surface area contributed by atoms with Crippen LogP contribution in [0.1, 0.15) is 11.3 Å². The number of phenols is 1. The van der Waals surface area contributed by atoms with E-state index in [1.807, 2.05) is 36.4 Å². The molecule has 0 saturated heterocycles. The molecular formula is C22H17N4NaO3S. The second kappa shape index (κ2) is 8.47. The molecule has 2 aliphatic heterocycles. The summed E-state index contributed by atoms with van der Waals surface area (Å²) in [6.07, 6.45) is 0.604. The minimum Gasteiger partial charge on any atom is -0.860 e. The Kier molecular flexibility index (Phi) is 5.90. The molecule has 0 radical (unpaired) electrons. The van der Waals surface area contributed by atoms with E-state index in [1.165, 1.54) is 22.1 Å². The first-order chi connectivity index (χ1) is 14.5. The van der Waals surface area contributed by atoms with Crippen molar-refractivity contribution in [2.75, 3.05) is 0 Å². The Morgan fingerprint density at radius 2 is 1.87 bits per heavy atom. The van der Waals surface area contributed by atoms with Gasteiger partial charge in [-0.25, -0.2) is 4.98 Å². The third-order valence-electron chi connectivity index (χ3n) is 5.19. The number of para-hydroxylation sites is 1. The smallest absolute Gasteiger partial charge is 0.860 e. The molecule has 0 unspecified atom stereocenters. The van der Waals surface area contributed by atoms with Crippen LogP contribution < -0.4 is 40.2 Å². The van der Waals surface area contributed by atoms with Crippen molar-refractivity contribution in [3.05, 3.63) is 76.2 Å². The summed E-state index contributed by atoms with van der Waals surface area (Å²) in [7, 11) is 0. The summed E-state index contributed by atoms with van der Waals surface area (Å²) in [5.74, 6) is -0.000460. The van der Waals surface area contributed by atoms with E-state index < -0.39 is 0 Å². The molecule has 2 aliphatic rings. The second-order valence-electron chi connectivity index (χ2n) is 7.08. The number of hydrogen-bond acceptors (Lipinski definition) is 6. The van der Waals surface area contributed by atoms with E-state index in [9.17, 15) is 15.0 Å². The van der Waals surface area contributed by atoms with Gasteiger partial charge in [-0.1, -0.05) is 35.6 Å². The molecule has 3 aromatic rings. The van der Waals surface area contributed by atoms with Gasteiger partial charge in [0, 0.05) is 12.2 Å². The summed E-state index contributed by atoms with van der Waals surface area (Å²) in [6.45, 7) is 2.20. The van der Waals surface area contributed by atoms with Crippen molar-refractivity contribution >= 4 is 21.6 Å². The topological polar surface area (TPSA) is 96.0 Å². The summed E-state index contributed by atoms with van der Waals surface area (Å²) < 4.78 is 3.85. The normalized spacial score (nSPS) is 11.1. The number of thiazole rings is 1. The summed E-state index contributed by atoms with van der Waals surface area (Å²) in [5, 5.41) is 27.0. The standard InChI is InChI=1S/C22H18N4O3S.Na/c1-13-20-17(12-19(28)25(13)11-10-14-6-8-15(27)9-7-14)24-26(21(20)29)22-23-16-4-2-3-5-18(16)30-22;/h2-9,12,27-28H,10-11H2,1H3;/q;+1/p-1. The first kappa shape index (κ1) is 21.6. The minimum atomic E-state index is -0.278. The number of fused-ring (bicyclic) bond motifs is 2. The molecule has 1 N–H and O–H groups in total. The Labute approximate surface area is 203 Å². The molecular weight excluding hydrogens is 423 g/mol. The minimum absolute atomic E-state index is 0. The largest absolute Gasteiger partial charge is 1.00 e. The van der Waals surface area contributed by atoms with Crippen LogP contribution in [0.2, 0.25) is 0 Å². The fourth-order valence-corrected chi connectivity index (χ4v) is 4.53. The summed E-state index contributed by atoms with van der Waals surface area (Å²) in [5.41, 5.74) is 2.92. The van der Waals surface area contributed by atoms with Crippen LogP contribution in [0.15, 0.2) is 59.4 Å². The van der Waals surface area contributed by atoms with E-state index in [1.54, 1.807) is 23.6 Å². The number of nitrogens with zero attached hydrogens (tertiary/aromatic N) is 4. The van der Waals surface area contributed by atoms with Crippen LogP contribution in [0.5, 0.6) is 11.6 Å². The van der Waals surface area contributed by atoms with Gasteiger partial charge in [-0.3, -0.25) is 4.79 Å². The molecule has 0 bridgehead atoms. The summed E-state index contributed by atoms with van der Waals surface area (Å²) in [4.78, 5) is 17.6. The van der Waals surface area contributed by atoms with Crippen LogP contribution in [-0.4, -0.2) is 24.4 Å². The van der Waals surface area contributed by atoms with E-state index in [-0.39, 0.29) is 46.7 Å². The maximum absolute atomic E-state index is 13.1. The van der Waals surface area contributed by atoms with Crippen LogP contribution in [0.25, 0.3) is 26.6 Å². The number of pyridine rings is 1. The van der Waals surface area contributed by atoms with E-state index >= 15 is 0 Å². The predicted octanol–water partition coefficient (Wildman–Crippen LogP) is 0.0828. The average Bonchev–Trinajstić information content (AvgIpc) is 3.30. The van der Waals surface area contributed by atoms with Gasteiger partial charge in [0.2, 0.25) is 5.13 Å². The molecule has 150 valence electrons. The SMILES string of the molecule is Cc1c2c(=O)n(-c3nc4ccccc4s3)nc-2cc([O-])n1CCc1ccc(O)cc1.[Na+]. The molecule has 0 spiro atoms. The first-order valence-corrected chi connectivity index (χ1v) is 10.3. The van der Waals surface area contributed by atoms with Crippen LogP contribution in [-0.2, 0) is 13.0 Å². The Hall–Kier alpha value is -2.65. The molecule has 5 rings (SSSR count). The number of aromatic nitrogens is 4. The Bertz CT molecular complexity index is 1370. The van der Waals surface area contributed by atoms with Crippen molar-refractivity contribution in [3.8, 4) is 28.0 Å². The van der Waals surface area contributed by atoms with Gasteiger partial charge >= 0.3 is 29.6 Å². The van der Waals surface area contributed by atoms with Gasteiger partial charge in [0.05, 0.1) is 21.5 Å². The average molecular weight is 440 g/mol. The van der Waals surface area contributed by atoms with Gasteiger partial charge in [-0.05, 0) is 55.1 Å². The molecule has 0 amide bonds. The third-order valence-corrected chi connectivity index (χ3v) is 6.20. The number of benzene rings is 2. The quantitative estimate of drug-likeness (QED) is 0.400. The monoisotopic (exact) mass is 440 g/mol.